The van der Waals surface area contributed by atoms with E-state index in [0.717, 1.165) is 49.1 Å². The van der Waals surface area contributed by atoms with Crippen LogP contribution in [0.1, 0.15) is 37.9 Å². The molecule has 3 heterocycles. The molecule has 100 valence electrons. The van der Waals surface area contributed by atoms with Crippen molar-refractivity contribution in [3.63, 3.8) is 0 Å². The minimum absolute atomic E-state index is 0.189. The zero-order valence-corrected chi connectivity index (χ0v) is 10.9. The molecule has 0 saturated carbocycles. The van der Waals surface area contributed by atoms with Crippen molar-refractivity contribution in [2.24, 2.45) is 0 Å². The fourth-order valence-corrected chi connectivity index (χ4v) is 2.59. The monoisotopic (exact) mass is 258 g/mol. The largest absolute Gasteiger partial charge is 0.353 e. The van der Waals surface area contributed by atoms with Crippen LogP contribution in [0.3, 0.4) is 0 Å². The summed E-state index contributed by atoms with van der Waals surface area (Å²) in [5.74, 6) is 1.14. The van der Waals surface area contributed by atoms with Gasteiger partial charge in [-0.05, 0) is 31.4 Å². The quantitative estimate of drug-likeness (QED) is 0.884. The molecule has 1 saturated heterocycles. The Morgan fingerprint density at radius 3 is 3.21 bits per heavy atom. The molecule has 3 rings (SSSR count). The first kappa shape index (κ1) is 12.1. The van der Waals surface area contributed by atoms with Crippen molar-refractivity contribution < 1.29 is 4.79 Å². The molecule has 5 heteroatoms. The van der Waals surface area contributed by atoms with Crippen LogP contribution in [-0.4, -0.2) is 26.9 Å². The Morgan fingerprint density at radius 2 is 2.32 bits per heavy atom. The Kier molecular flexibility index (Phi) is 3.44. The summed E-state index contributed by atoms with van der Waals surface area (Å²) < 4.78 is 0. The second kappa shape index (κ2) is 5.38. The second-order valence-electron chi connectivity index (χ2n) is 5.11. The number of pyridine rings is 1. The van der Waals surface area contributed by atoms with Gasteiger partial charge < -0.3 is 10.3 Å². The summed E-state index contributed by atoms with van der Waals surface area (Å²) in [6, 6.07) is 4.17. The van der Waals surface area contributed by atoms with Crippen LogP contribution in [0.4, 0.5) is 0 Å². The second-order valence-corrected chi connectivity index (χ2v) is 5.11. The molecule has 19 heavy (non-hydrogen) atoms. The number of hydrogen-bond donors (Lipinski definition) is 2. The molecule has 0 bridgehead atoms. The Bertz CT molecular complexity index is 545. The van der Waals surface area contributed by atoms with Crippen molar-refractivity contribution in [2.75, 3.05) is 0 Å². The van der Waals surface area contributed by atoms with E-state index in [2.05, 4.69) is 20.3 Å². The van der Waals surface area contributed by atoms with Crippen molar-refractivity contribution in [3.8, 4) is 0 Å². The molecule has 1 aliphatic heterocycles. The lowest BCUT2D eigenvalue weighted by Gasteiger charge is -2.14. The van der Waals surface area contributed by atoms with E-state index < -0.39 is 0 Å². The van der Waals surface area contributed by atoms with Crippen molar-refractivity contribution in [3.05, 3.63) is 24.2 Å². The summed E-state index contributed by atoms with van der Waals surface area (Å²) in [6.45, 7) is 0. The molecule has 0 aliphatic carbocycles. The third-order valence-electron chi connectivity index (χ3n) is 3.61. The Hall–Kier alpha value is -1.91. The molecule has 0 aromatic carbocycles. The van der Waals surface area contributed by atoms with Crippen molar-refractivity contribution in [2.45, 2.75) is 44.6 Å². The minimum atomic E-state index is 0.189. The average molecular weight is 258 g/mol. The van der Waals surface area contributed by atoms with Gasteiger partial charge in [-0.25, -0.2) is 9.97 Å². The third kappa shape index (κ3) is 2.92. The molecule has 2 N–H and O–H groups in total. The summed E-state index contributed by atoms with van der Waals surface area (Å²) in [5.41, 5.74) is 1.74. The topological polar surface area (TPSA) is 70.7 Å². The summed E-state index contributed by atoms with van der Waals surface area (Å²) in [6.07, 6.45) is 7.42. The number of aryl methyl sites for hydroxylation is 1. The molecule has 1 atom stereocenters. The van der Waals surface area contributed by atoms with Crippen molar-refractivity contribution in [1.29, 1.82) is 0 Å². The third-order valence-corrected chi connectivity index (χ3v) is 3.61. The van der Waals surface area contributed by atoms with Gasteiger partial charge in [0.1, 0.15) is 5.82 Å². The molecule has 1 fully saturated rings. The number of amides is 1. The highest BCUT2D eigenvalue weighted by atomic mass is 16.1. The van der Waals surface area contributed by atoms with Crippen LogP contribution in [0.15, 0.2) is 18.3 Å². The highest BCUT2D eigenvalue weighted by molar-refractivity contribution is 5.76. The lowest BCUT2D eigenvalue weighted by Crippen LogP contribution is -2.33. The SMILES string of the molecule is O=C1CCCCC(CCc2nc3ncccc3[nH]2)N1. The van der Waals surface area contributed by atoms with Crippen LogP contribution in [0.5, 0.6) is 0 Å². The first-order valence-electron chi connectivity index (χ1n) is 6.90. The van der Waals surface area contributed by atoms with Gasteiger partial charge in [0, 0.05) is 25.1 Å². The van der Waals surface area contributed by atoms with E-state index in [9.17, 15) is 4.79 Å². The lowest BCUT2D eigenvalue weighted by atomic mass is 10.1. The number of hydrogen-bond acceptors (Lipinski definition) is 3. The Labute approximate surface area is 111 Å². The molecule has 0 radical (unpaired) electrons. The first-order chi connectivity index (χ1) is 9.31. The van der Waals surface area contributed by atoms with Gasteiger partial charge in [-0.2, -0.15) is 0 Å². The van der Waals surface area contributed by atoms with Crippen LogP contribution in [0, 0.1) is 0 Å². The van der Waals surface area contributed by atoms with E-state index in [1.54, 1.807) is 6.20 Å². The van der Waals surface area contributed by atoms with Gasteiger partial charge in [-0.1, -0.05) is 6.42 Å². The number of carbonyl (C=O) groups excluding carboxylic acids is 1. The lowest BCUT2D eigenvalue weighted by molar-refractivity contribution is -0.121. The van der Waals surface area contributed by atoms with Gasteiger partial charge in [-0.15, -0.1) is 0 Å². The number of nitrogens with zero attached hydrogens (tertiary/aromatic N) is 2. The minimum Gasteiger partial charge on any atom is -0.353 e. The molecule has 0 spiro atoms. The van der Waals surface area contributed by atoms with E-state index in [4.69, 9.17) is 0 Å². The molecular weight excluding hydrogens is 240 g/mol. The number of nitrogens with one attached hydrogen (secondary N) is 2. The van der Waals surface area contributed by atoms with E-state index in [1.807, 2.05) is 12.1 Å². The Balaban J connectivity index is 1.63. The summed E-state index contributed by atoms with van der Waals surface area (Å²) in [5, 5.41) is 3.09. The predicted octanol–water partition coefficient (Wildman–Crippen LogP) is 1.95. The predicted molar refractivity (Wildman–Crippen MR) is 72.6 cm³/mol. The fourth-order valence-electron chi connectivity index (χ4n) is 2.59. The average Bonchev–Trinajstić information content (AvgIpc) is 2.72. The molecule has 5 nitrogen and oxygen atoms in total. The van der Waals surface area contributed by atoms with E-state index in [0.29, 0.717) is 6.42 Å². The van der Waals surface area contributed by atoms with Crippen LogP contribution in [-0.2, 0) is 11.2 Å². The number of imidazole rings is 1. The zero-order valence-electron chi connectivity index (χ0n) is 10.9. The fraction of sp³-hybridized carbons (Fsp3) is 0.500. The van der Waals surface area contributed by atoms with Crippen molar-refractivity contribution >= 4 is 17.1 Å². The maximum Gasteiger partial charge on any atom is 0.220 e. The van der Waals surface area contributed by atoms with Gasteiger partial charge in [0.05, 0.1) is 5.52 Å². The van der Waals surface area contributed by atoms with Gasteiger partial charge in [0.15, 0.2) is 5.65 Å². The molecule has 2 aromatic rings. The Morgan fingerprint density at radius 1 is 1.37 bits per heavy atom. The number of rotatable bonds is 3. The highest BCUT2D eigenvalue weighted by Gasteiger charge is 2.16. The van der Waals surface area contributed by atoms with E-state index >= 15 is 0 Å². The normalized spacial score (nSPS) is 20.2. The summed E-state index contributed by atoms with van der Waals surface area (Å²) in [4.78, 5) is 23.4. The highest BCUT2D eigenvalue weighted by Crippen LogP contribution is 2.15. The number of H-pyrrole nitrogens is 1. The first-order valence-corrected chi connectivity index (χ1v) is 6.90. The molecular formula is C14H18N4O. The number of fused-ring (bicyclic) bond motifs is 1. The van der Waals surface area contributed by atoms with Gasteiger partial charge in [0.25, 0.3) is 0 Å². The number of aromatic nitrogens is 3. The maximum absolute atomic E-state index is 11.5. The number of aromatic amines is 1. The molecule has 1 amide bonds. The van der Waals surface area contributed by atoms with E-state index in [-0.39, 0.29) is 11.9 Å². The van der Waals surface area contributed by atoms with Crippen LogP contribution >= 0.6 is 0 Å². The molecule has 1 aliphatic rings. The van der Waals surface area contributed by atoms with Crippen LogP contribution in [0.2, 0.25) is 0 Å². The van der Waals surface area contributed by atoms with Crippen LogP contribution < -0.4 is 5.32 Å². The van der Waals surface area contributed by atoms with Gasteiger partial charge in [-0.3, -0.25) is 4.79 Å². The van der Waals surface area contributed by atoms with Crippen molar-refractivity contribution in [1.82, 2.24) is 20.3 Å². The van der Waals surface area contributed by atoms with Gasteiger partial charge in [0.2, 0.25) is 5.91 Å². The van der Waals surface area contributed by atoms with Gasteiger partial charge >= 0.3 is 0 Å². The summed E-state index contributed by atoms with van der Waals surface area (Å²) >= 11 is 0. The van der Waals surface area contributed by atoms with E-state index in [1.165, 1.54) is 0 Å². The zero-order chi connectivity index (χ0) is 13.1. The summed E-state index contributed by atoms with van der Waals surface area (Å²) in [7, 11) is 0. The molecule has 1 unspecified atom stereocenters. The standard InChI is InChI=1S/C14H18N4O/c19-13-6-2-1-4-10(16-13)7-8-12-17-11-5-3-9-15-14(11)18-12/h3,5,9-10H,1-2,4,6-8H2,(H,16,19)(H,15,17,18). The maximum atomic E-state index is 11.5. The molecule has 2 aromatic heterocycles. The number of carbonyl (C=O) groups is 1. The van der Waals surface area contributed by atoms with Crippen LogP contribution in [0.25, 0.3) is 11.2 Å². The smallest absolute Gasteiger partial charge is 0.220 e.